The van der Waals surface area contributed by atoms with E-state index in [-0.39, 0.29) is 5.82 Å². The summed E-state index contributed by atoms with van der Waals surface area (Å²) in [7, 11) is 4.18. The maximum Gasteiger partial charge on any atom is 0.129 e. The third-order valence-corrected chi connectivity index (χ3v) is 3.51. The normalized spacial score (nSPS) is 21.3. The van der Waals surface area contributed by atoms with Gasteiger partial charge in [-0.25, -0.2) is 4.39 Å². The van der Waals surface area contributed by atoms with E-state index in [1.807, 2.05) is 0 Å². The van der Waals surface area contributed by atoms with Gasteiger partial charge in [-0.3, -0.25) is 4.90 Å². The molecule has 0 saturated carbocycles. The van der Waals surface area contributed by atoms with Crippen LogP contribution in [-0.2, 0) is 6.54 Å². The first-order chi connectivity index (χ1) is 8.08. The number of halogens is 1. The van der Waals surface area contributed by atoms with Crippen molar-refractivity contribution in [3.63, 3.8) is 0 Å². The number of nitrogens with zero attached hydrogens (tertiary/aromatic N) is 2. The fourth-order valence-corrected chi connectivity index (χ4v) is 2.34. The summed E-state index contributed by atoms with van der Waals surface area (Å²) in [4.78, 5) is 4.49. The number of anilines is 1. The number of benzene rings is 1. The quantitative estimate of drug-likeness (QED) is 0.809. The van der Waals surface area contributed by atoms with Crippen molar-refractivity contribution in [2.24, 2.45) is 0 Å². The van der Waals surface area contributed by atoms with Crippen LogP contribution in [0.15, 0.2) is 18.2 Å². The molecule has 1 saturated heterocycles. The first-order valence-electron chi connectivity index (χ1n) is 5.99. The lowest BCUT2D eigenvalue weighted by Gasteiger charge is -2.21. The first-order valence-corrected chi connectivity index (χ1v) is 5.99. The van der Waals surface area contributed by atoms with Crippen LogP contribution in [0.5, 0.6) is 0 Å². The minimum atomic E-state index is -0.196. The van der Waals surface area contributed by atoms with Crippen molar-refractivity contribution >= 4 is 5.69 Å². The summed E-state index contributed by atoms with van der Waals surface area (Å²) in [6.45, 7) is 2.61. The maximum atomic E-state index is 13.6. The van der Waals surface area contributed by atoms with Gasteiger partial charge in [0.05, 0.1) is 0 Å². The molecule has 2 N–H and O–H groups in total. The molecule has 4 heteroatoms. The summed E-state index contributed by atoms with van der Waals surface area (Å²) in [5, 5.41) is 0. The molecule has 94 valence electrons. The standard InChI is InChI=1S/C13H20FN3/c1-16(2)10-6-7-17(8-10)9-11-12(14)4-3-5-13(11)15/h3-5,10H,6-9,15H2,1-2H3. The summed E-state index contributed by atoms with van der Waals surface area (Å²) in [5.74, 6) is -0.196. The smallest absolute Gasteiger partial charge is 0.129 e. The summed E-state index contributed by atoms with van der Waals surface area (Å²) in [6.07, 6.45) is 1.14. The molecule has 0 radical (unpaired) electrons. The molecule has 1 atom stereocenters. The van der Waals surface area contributed by atoms with E-state index in [4.69, 9.17) is 5.73 Å². The largest absolute Gasteiger partial charge is 0.398 e. The highest BCUT2D eigenvalue weighted by molar-refractivity contribution is 5.47. The Labute approximate surface area is 102 Å². The zero-order valence-corrected chi connectivity index (χ0v) is 10.5. The molecule has 1 aromatic carbocycles. The summed E-state index contributed by atoms with van der Waals surface area (Å²) >= 11 is 0. The van der Waals surface area contributed by atoms with Crippen LogP contribution >= 0.6 is 0 Å². The third-order valence-electron chi connectivity index (χ3n) is 3.51. The van der Waals surface area contributed by atoms with Gasteiger partial charge in [-0.1, -0.05) is 6.07 Å². The zero-order valence-electron chi connectivity index (χ0n) is 10.5. The minimum absolute atomic E-state index is 0.196. The molecule has 0 aliphatic carbocycles. The molecule has 1 heterocycles. The minimum Gasteiger partial charge on any atom is -0.398 e. The lowest BCUT2D eigenvalue weighted by atomic mass is 10.1. The van der Waals surface area contributed by atoms with Gasteiger partial charge in [-0.05, 0) is 32.6 Å². The molecule has 17 heavy (non-hydrogen) atoms. The SMILES string of the molecule is CN(C)C1CCN(Cc2c(N)cccc2F)C1. The van der Waals surface area contributed by atoms with Crippen LogP contribution < -0.4 is 5.73 Å². The number of likely N-dealkylation sites (N-methyl/N-ethyl adjacent to an activating group) is 1. The predicted octanol–water partition coefficient (Wildman–Crippen LogP) is 1.54. The lowest BCUT2D eigenvalue weighted by Crippen LogP contribution is -2.31. The topological polar surface area (TPSA) is 32.5 Å². The van der Waals surface area contributed by atoms with Crippen molar-refractivity contribution in [3.8, 4) is 0 Å². The highest BCUT2D eigenvalue weighted by Crippen LogP contribution is 2.21. The van der Waals surface area contributed by atoms with Crippen molar-refractivity contribution in [2.45, 2.75) is 19.0 Å². The number of nitrogens with two attached hydrogens (primary N) is 1. The van der Waals surface area contributed by atoms with Crippen LogP contribution in [0.3, 0.4) is 0 Å². The molecular weight excluding hydrogens is 217 g/mol. The second-order valence-corrected chi connectivity index (χ2v) is 4.95. The lowest BCUT2D eigenvalue weighted by molar-refractivity contribution is 0.263. The fourth-order valence-electron chi connectivity index (χ4n) is 2.34. The van der Waals surface area contributed by atoms with Gasteiger partial charge < -0.3 is 10.6 Å². The van der Waals surface area contributed by atoms with E-state index in [2.05, 4.69) is 23.9 Å². The van der Waals surface area contributed by atoms with E-state index in [1.165, 1.54) is 6.07 Å². The number of rotatable bonds is 3. The Balaban J connectivity index is 2.03. The van der Waals surface area contributed by atoms with Crippen molar-refractivity contribution in [3.05, 3.63) is 29.6 Å². The average molecular weight is 237 g/mol. The highest BCUT2D eigenvalue weighted by atomic mass is 19.1. The van der Waals surface area contributed by atoms with Crippen molar-refractivity contribution in [1.29, 1.82) is 0 Å². The molecule has 1 fully saturated rings. The summed E-state index contributed by atoms with van der Waals surface area (Å²) in [5.41, 5.74) is 7.00. The van der Waals surface area contributed by atoms with Crippen molar-refractivity contribution < 1.29 is 4.39 Å². The Morgan fingerprint density at radius 2 is 2.24 bits per heavy atom. The van der Waals surface area contributed by atoms with Crippen molar-refractivity contribution in [2.75, 3.05) is 32.9 Å². The molecular formula is C13H20FN3. The van der Waals surface area contributed by atoms with E-state index in [1.54, 1.807) is 12.1 Å². The molecule has 1 aliphatic heterocycles. The van der Waals surface area contributed by atoms with Crippen LogP contribution in [0, 0.1) is 5.82 Å². The average Bonchev–Trinajstić information content (AvgIpc) is 2.72. The van der Waals surface area contributed by atoms with Gasteiger partial charge >= 0.3 is 0 Å². The second kappa shape index (κ2) is 5.02. The number of hydrogen-bond acceptors (Lipinski definition) is 3. The Kier molecular flexibility index (Phi) is 3.64. The van der Waals surface area contributed by atoms with Crippen LogP contribution in [0.4, 0.5) is 10.1 Å². The molecule has 3 nitrogen and oxygen atoms in total. The van der Waals surface area contributed by atoms with E-state index in [9.17, 15) is 4.39 Å². The molecule has 0 bridgehead atoms. The number of likely N-dealkylation sites (tertiary alicyclic amines) is 1. The Bertz CT molecular complexity index is 372. The molecule has 0 amide bonds. The van der Waals surface area contributed by atoms with E-state index in [0.717, 1.165) is 19.5 Å². The Morgan fingerprint density at radius 3 is 2.82 bits per heavy atom. The van der Waals surface area contributed by atoms with Gasteiger partial charge in [0.1, 0.15) is 5.82 Å². The van der Waals surface area contributed by atoms with Gasteiger partial charge in [-0.2, -0.15) is 0 Å². The molecule has 1 aromatic rings. The molecule has 2 rings (SSSR count). The second-order valence-electron chi connectivity index (χ2n) is 4.95. The number of nitrogen functional groups attached to an aromatic ring is 1. The Hall–Kier alpha value is -1.13. The van der Waals surface area contributed by atoms with Gasteiger partial charge in [-0.15, -0.1) is 0 Å². The van der Waals surface area contributed by atoms with Gasteiger partial charge in [0.2, 0.25) is 0 Å². The van der Waals surface area contributed by atoms with E-state index >= 15 is 0 Å². The molecule has 1 aliphatic rings. The van der Waals surface area contributed by atoms with Gasteiger partial charge in [0.25, 0.3) is 0 Å². The van der Waals surface area contributed by atoms with E-state index < -0.39 is 0 Å². The van der Waals surface area contributed by atoms with Crippen LogP contribution in [0.1, 0.15) is 12.0 Å². The summed E-state index contributed by atoms with van der Waals surface area (Å²) < 4.78 is 13.6. The van der Waals surface area contributed by atoms with Crippen LogP contribution in [0.25, 0.3) is 0 Å². The molecule has 0 spiro atoms. The molecule has 1 unspecified atom stereocenters. The number of hydrogen-bond donors (Lipinski definition) is 1. The van der Waals surface area contributed by atoms with Gasteiger partial charge in [0.15, 0.2) is 0 Å². The summed E-state index contributed by atoms with van der Waals surface area (Å²) in [6, 6.07) is 5.46. The van der Waals surface area contributed by atoms with Crippen molar-refractivity contribution in [1.82, 2.24) is 9.80 Å². The highest BCUT2D eigenvalue weighted by Gasteiger charge is 2.24. The monoisotopic (exact) mass is 237 g/mol. The predicted molar refractivity (Wildman–Crippen MR) is 68.2 cm³/mol. The fraction of sp³-hybridized carbons (Fsp3) is 0.538. The van der Waals surface area contributed by atoms with E-state index in [0.29, 0.717) is 23.8 Å². The van der Waals surface area contributed by atoms with Crippen LogP contribution in [-0.4, -0.2) is 43.0 Å². The zero-order chi connectivity index (χ0) is 12.4. The Morgan fingerprint density at radius 1 is 1.47 bits per heavy atom. The molecule has 0 aromatic heterocycles. The van der Waals surface area contributed by atoms with Gasteiger partial charge in [0, 0.05) is 36.9 Å². The third kappa shape index (κ3) is 2.76. The van der Waals surface area contributed by atoms with Crippen LogP contribution in [0.2, 0.25) is 0 Å². The maximum absolute atomic E-state index is 13.6. The first kappa shape index (κ1) is 12.3.